The highest BCUT2D eigenvalue weighted by Crippen LogP contribution is 2.20. The molecule has 0 atom stereocenters. The summed E-state index contributed by atoms with van der Waals surface area (Å²) in [6.07, 6.45) is 4.01. The second-order valence-corrected chi connectivity index (χ2v) is 6.26. The van der Waals surface area contributed by atoms with Gasteiger partial charge in [0.1, 0.15) is 18.4 Å². The highest BCUT2D eigenvalue weighted by atomic mass is 35.5. The van der Waals surface area contributed by atoms with E-state index in [4.69, 9.17) is 11.6 Å². The second kappa shape index (κ2) is 6.23. The first kappa shape index (κ1) is 16.1. The minimum Gasteiger partial charge on any atom is -0.294 e. The Hall–Kier alpha value is -2.27. The molecule has 0 aliphatic heterocycles. The van der Waals surface area contributed by atoms with Gasteiger partial charge in [-0.15, -0.1) is 0 Å². The molecule has 0 amide bonds. The third kappa shape index (κ3) is 3.68. The number of carbonyl (C=O) groups excluding carboxylic acids is 2. The molecule has 114 valence electrons. The smallest absolute Gasteiger partial charge is 0.211 e. The van der Waals surface area contributed by atoms with Crippen molar-refractivity contribution in [3.63, 3.8) is 0 Å². The quantitative estimate of drug-likeness (QED) is 0.641. The fourth-order valence-electron chi connectivity index (χ4n) is 1.66. The van der Waals surface area contributed by atoms with Crippen LogP contribution in [0.3, 0.4) is 0 Å². The molecule has 2 aromatic rings. The molecule has 0 aliphatic rings. The number of halogens is 1. The number of Topliss-reactive ketones (excluding diaryl/α,β-unsaturated/α-hetero) is 1. The Kier molecular flexibility index (Phi) is 4.56. The topological polar surface area (TPSA) is 64.8 Å². The molecule has 5 nitrogen and oxygen atoms in total. The Balaban J connectivity index is 2.46. The Morgan fingerprint density at radius 2 is 1.82 bits per heavy atom. The van der Waals surface area contributed by atoms with E-state index in [1.54, 1.807) is 45.0 Å². The van der Waals surface area contributed by atoms with E-state index in [1.165, 1.54) is 23.4 Å². The van der Waals surface area contributed by atoms with Crippen molar-refractivity contribution in [2.75, 3.05) is 0 Å². The molecule has 0 saturated carbocycles. The largest absolute Gasteiger partial charge is 0.294 e. The zero-order valence-electron chi connectivity index (χ0n) is 12.6. The lowest BCUT2D eigenvalue weighted by molar-refractivity contribution is -0.121. The zero-order valence-corrected chi connectivity index (χ0v) is 13.3. The SMILES string of the molecule is CC(C)(C)C(=O)C=C(C(=O)c1ccc(Cl)cc1)n1cncn1. The van der Waals surface area contributed by atoms with Crippen LogP contribution in [0, 0.1) is 5.41 Å². The van der Waals surface area contributed by atoms with Gasteiger partial charge in [-0.1, -0.05) is 32.4 Å². The molecule has 0 fully saturated rings. The van der Waals surface area contributed by atoms with Gasteiger partial charge in [0.05, 0.1) is 0 Å². The highest BCUT2D eigenvalue weighted by Gasteiger charge is 2.23. The summed E-state index contributed by atoms with van der Waals surface area (Å²) in [6.45, 7) is 5.37. The Morgan fingerprint density at radius 1 is 1.18 bits per heavy atom. The van der Waals surface area contributed by atoms with Gasteiger partial charge >= 0.3 is 0 Å². The van der Waals surface area contributed by atoms with Gasteiger partial charge in [0.15, 0.2) is 5.78 Å². The number of nitrogens with zero attached hydrogens (tertiary/aromatic N) is 3. The maximum atomic E-state index is 12.7. The predicted molar refractivity (Wildman–Crippen MR) is 84.5 cm³/mol. The summed E-state index contributed by atoms with van der Waals surface area (Å²) < 4.78 is 1.29. The van der Waals surface area contributed by atoms with E-state index in [0.717, 1.165) is 0 Å². The summed E-state index contributed by atoms with van der Waals surface area (Å²) in [5, 5.41) is 4.49. The molecule has 0 bridgehead atoms. The van der Waals surface area contributed by atoms with E-state index in [9.17, 15) is 9.59 Å². The van der Waals surface area contributed by atoms with Crippen LogP contribution in [0.5, 0.6) is 0 Å². The van der Waals surface area contributed by atoms with Gasteiger partial charge in [-0.2, -0.15) is 5.10 Å². The molecule has 0 saturated heterocycles. The molecule has 0 N–H and O–H groups in total. The Bertz CT molecular complexity index is 711. The van der Waals surface area contributed by atoms with Crippen LogP contribution >= 0.6 is 11.6 Å². The standard InChI is InChI=1S/C16H16ClN3O2/c1-16(2,3)14(21)8-13(20-10-18-9-19-20)15(22)11-4-6-12(17)7-5-11/h4-10H,1-3H3. The summed E-state index contributed by atoms with van der Waals surface area (Å²) >= 11 is 5.83. The van der Waals surface area contributed by atoms with Crippen LogP contribution in [0.1, 0.15) is 31.1 Å². The van der Waals surface area contributed by atoms with Gasteiger partial charge in [0, 0.05) is 22.1 Å². The second-order valence-electron chi connectivity index (χ2n) is 5.82. The number of ketones is 2. The fourth-order valence-corrected chi connectivity index (χ4v) is 1.78. The van der Waals surface area contributed by atoms with Crippen LogP contribution < -0.4 is 0 Å². The monoisotopic (exact) mass is 317 g/mol. The molecular formula is C16H16ClN3O2. The van der Waals surface area contributed by atoms with Crippen molar-refractivity contribution >= 4 is 28.9 Å². The van der Waals surface area contributed by atoms with Crippen LogP contribution in [0.4, 0.5) is 0 Å². The normalized spacial score (nSPS) is 12.3. The summed E-state index contributed by atoms with van der Waals surface area (Å²) in [5.74, 6) is -0.486. The van der Waals surface area contributed by atoms with E-state index < -0.39 is 5.41 Å². The lowest BCUT2D eigenvalue weighted by Crippen LogP contribution is -2.20. The number of hydrogen-bond acceptors (Lipinski definition) is 4. The van der Waals surface area contributed by atoms with E-state index in [0.29, 0.717) is 10.6 Å². The Morgan fingerprint density at radius 3 is 2.32 bits per heavy atom. The van der Waals surface area contributed by atoms with Gasteiger partial charge in [0.25, 0.3) is 0 Å². The van der Waals surface area contributed by atoms with Gasteiger partial charge in [-0.05, 0) is 24.3 Å². The highest BCUT2D eigenvalue weighted by molar-refractivity contribution is 6.31. The number of benzene rings is 1. The summed E-state index contributed by atoms with van der Waals surface area (Å²) in [5.41, 5.74) is -0.0147. The van der Waals surface area contributed by atoms with Crippen LogP contribution in [0.25, 0.3) is 5.70 Å². The van der Waals surface area contributed by atoms with Crippen molar-refractivity contribution in [2.45, 2.75) is 20.8 Å². The molecule has 22 heavy (non-hydrogen) atoms. The molecule has 1 heterocycles. The molecule has 0 spiro atoms. The minimum atomic E-state index is -0.591. The van der Waals surface area contributed by atoms with Crippen LogP contribution in [0.15, 0.2) is 43.0 Å². The van der Waals surface area contributed by atoms with Crippen molar-refractivity contribution in [3.8, 4) is 0 Å². The number of allylic oxidation sites excluding steroid dienone is 2. The molecule has 2 rings (SSSR count). The van der Waals surface area contributed by atoms with Gasteiger partial charge in [-0.25, -0.2) is 9.67 Å². The molecular weight excluding hydrogens is 302 g/mol. The number of hydrogen-bond donors (Lipinski definition) is 0. The maximum Gasteiger partial charge on any atom is 0.211 e. The van der Waals surface area contributed by atoms with Gasteiger partial charge in [-0.3, -0.25) is 9.59 Å². The van der Waals surface area contributed by atoms with Gasteiger partial charge in [0.2, 0.25) is 5.78 Å². The molecule has 1 aromatic heterocycles. The fraction of sp³-hybridized carbons (Fsp3) is 0.250. The lowest BCUT2D eigenvalue weighted by atomic mass is 9.89. The summed E-state index contributed by atoms with van der Waals surface area (Å²) in [7, 11) is 0. The number of carbonyl (C=O) groups is 2. The molecule has 6 heteroatoms. The molecule has 0 radical (unpaired) electrons. The molecule has 1 aromatic carbocycles. The van der Waals surface area contributed by atoms with Crippen LogP contribution in [0.2, 0.25) is 5.02 Å². The zero-order chi connectivity index (χ0) is 16.3. The summed E-state index contributed by atoms with van der Waals surface area (Å²) in [6, 6.07) is 6.46. The van der Waals surface area contributed by atoms with Crippen molar-refractivity contribution in [2.24, 2.45) is 5.41 Å². The van der Waals surface area contributed by atoms with Crippen molar-refractivity contribution in [3.05, 3.63) is 53.6 Å². The molecule has 0 unspecified atom stereocenters. The molecule has 0 aliphatic carbocycles. The third-order valence-corrected chi connectivity index (χ3v) is 3.26. The first-order valence-corrected chi connectivity index (χ1v) is 7.08. The van der Waals surface area contributed by atoms with E-state index in [1.807, 2.05) is 0 Å². The van der Waals surface area contributed by atoms with Crippen LogP contribution in [-0.4, -0.2) is 26.3 Å². The van der Waals surface area contributed by atoms with Crippen LogP contribution in [-0.2, 0) is 4.79 Å². The average molecular weight is 318 g/mol. The first-order valence-electron chi connectivity index (χ1n) is 6.70. The van der Waals surface area contributed by atoms with E-state index >= 15 is 0 Å². The van der Waals surface area contributed by atoms with Crippen molar-refractivity contribution in [1.82, 2.24) is 14.8 Å². The van der Waals surface area contributed by atoms with E-state index in [-0.39, 0.29) is 17.3 Å². The minimum absolute atomic E-state index is 0.153. The van der Waals surface area contributed by atoms with Crippen molar-refractivity contribution in [1.29, 1.82) is 0 Å². The maximum absolute atomic E-state index is 12.7. The predicted octanol–water partition coefficient (Wildman–Crippen LogP) is 3.27. The lowest BCUT2D eigenvalue weighted by Gasteiger charge is -2.15. The summed E-state index contributed by atoms with van der Waals surface area (Å²) in [4.78, 5) is 28.7. The van der Waals surface area contributed by atoms with Gasteiger partial charge < -0.3 is 0 Å². The van der Waals surface area contributed by atoms with Crippen molar-refractivity contribution < 1.29 is 9.59 Å². The Labute approximate surface area is 133 Å². The third-order valence-electron chi connectivity index (χ3n) is 3.01. The average Bonchev–Trinajstić information content (AvgIpc) is 2.97. The van der Waals surface area contributed by atoms with E-state index in [2.05, 4.69) is 10.1 Å². The first-order chi connectivity index (χ1) is 10.3. The number of rotatable bonds is 4. The number of aromatic nitrogens is 3.